The third-order valence-electron chi connectivity index (χ3n) is 1.45. The molecule has 1 heterocycles. The van der Waals surface area contributed by atoms with Crippen LogP contribution in [0.4, 0.5) is 4.39 Å². The standard InChI is InChI=1S/C8H3ClFO/c9-6-1-2-7-5(8(6)10)3-4-11-7/h1-2,4H. The Morgan fingerprint density at radius 2 is 2.27 bits per heavy atom. The highest BCUT2D eigenvalue weighted by atomic mass is 35.5. The van der Waals surface area contributed by atoms with Crippen molar-refractivity contribution in [1.29, 1.82) is 0 Å². The molecule has 0 atom stereocenters. The smallest absolute Gasteiger partial charge is 0.153 e. The van der Waals surface area contributed by atoms with E-state index < -0.39 is 5.82 Å². The Balaban J connectivity index is 2.93. The molecule has 0 bridgehead atoms. The molecule has 3 heteroatoms. The van der Waals surface area contributed by atoms with Gasteiger partial charge in [0, 0.05) is 6.07 Å². The number of hydrogen-bond donors (Lipinski definition) is 0. The highest BCUT2D eigenvalue weighted by Gasteiger charge is 2.06. The molecule has 0 aliphatic carbocycles. The Labute approximate surface area is 67.4 Å². The minimum absolute atomic E-state index is 0.0927. The highest BCUT2D eigenvalue weighted by Crippen LogP contribution is 2.24. The molecule has 0 aliphatic rings. The van der Waals surface area contributed by atoms with E-state index in [-0.39, 0.29) is 5.02 Å². The maximum absolute atomic E-state index is 13.0. The minimum atomic E-state index is -0.474. The van der Waals surface area contributed by atoms with E-state index in [1.54, 1.807) is 6.07 Å². The first kappa shape index (κ1) is 6.68. The van der Waals surface area contributed by atoms with Crippen LogP contribution in [0.1, 0.15) is 0 Å². The van der Waals surface area contributed by atoms with Crippen molar-refractivity contribution in [3.05, 3.63) is 35.3 Å². The average molecular weight is 170 g/mol. The molecule has 2 aromatic rings. The summed E-state index contributed by atoms with van der Waals surface area (Å²) in [6.07, 6.45) is 1.31. The van der Waals surface area contributed by atoms with Crippen molar-refractivity contribution in [3.8, 4) is 0 Å². The van der Waals surface area contributed by atoms with Gasteiger partial charge in [-0.3, -0.25) is 0 Å². The van der Waals surface area contributed by atoms with Gasteiger partial charge in [0.2, 0.25) is 0 Å². The van der Waals surface area contributed by atoms with Gasteiger partial charge in [-0.05, 0) is 12.1 Å². The van der Waals surface area contributed by atoms with Crippen LogP contribution >= 0.6 is 11.6 Å². The van der Waals surface area contributed by atoms with Gasteiger partial charge in [0.25, 0.3) is 0 Å². The summed E-state index contributed by atoms with van der Waals surface area (Å²) >= 11 is 5.51. The molecule has 55 valence electrons. The van der Waals surface area contributed by atoms with E-state index >= 15 is 0 Å². The molecule has 0 fully saturated rings. The molecule has 1 aromatic carbocycles. The van der Waals surface area contributed by atoms with E-state index in [2.05, 4.69) is 6.07 Å². The quantitative estimate of drug-likeness (QED) is 0.591. The lowest BCUT2D eigenvalue weighted by molar-refractivity contribution is 0.610. The zero-order chi connectivity index (χ0) is 7.84. The predicted molar refractivity (Wildman–Crippen MR) is 40.0 cm³/mol. The van der Waals surface area contributed by atoms with Crippen molar-refractivity contribution < 1.29 is 8.81 Å². The average Bonchev–Trinajstić information content (AvgIpc) is 2.45. The van der Waals surface area contributed by atoms with Crippen molar-refractivity contribution in [1.82, 2.24) is 0 Å². The first-order valence-corrected chi connectivity index (χ1v) is 3.40. The first-order valence-electron chi connectivity index (χ1n) is 3.02. The normalized spacial score (nSPS) is 10.7. The molecule has 0 saturated carbocycles. The van der Waals surface area contributed by atoms with E-state index in [1.165, 1.54) is 12.3 Å². The van der Waals surface area contributed by atoms with Gasteiger partial charge in [-0.2, -0.15) is 0 Å². The Bertz CT molecular complexity index is 394. The van der Waals surface area contributed by atoms with Crippen LogP contribution in [0.3, 0.4) is 0 Å². The molecular formula is C8H3ClFO. The van der Waals surface area contributed by atoms with Crippen LogP contribution in [0, 0.1) is 11.9 Å². The van der Waals surface area contributed by atoms with Crippen LogP contribution in [0.15, 0.2) is 22.8 Å². The van der Waals surface area contributed by atoms with Crippen molar-refractivity contribution in [2.24, 2.45) is 0 Å². The second-order valence-electron chi connectivity index (χ2n) is 2.11. The summed E-state index contributed by atoms with van der Waals surface area (Å²) in [5.74, 6) is -0.474. The minimum Gasteiger partial charge on any atom is -0.464 e. The van der Waals surface area contributed by atoms with Crippen molar-refractivity contribution in [3.63, 3.8) is 0 Å². The van der Waals surface area contributed by atoms with Crippen molar-refractivity contribution in [2.45, 2.75) is 0 Å². The molecule has 0 N–H and O–H groups in total. The zero-order valence-electron chi connectivity index (χ0n) is 5.40. The van der Waals surface area contributed by atoms with Gasteiger partial charge in [0.1, 0.15) is 5.58 Å². The molecule has 2 rings (SSSR count). The summed E-state index contributed by atoms with van der Waals surface area (Å²) in [4.78, 5) is 0. The molecular weight excluding hydrogens is 167 g/mol. The molecule has 1 radical (unpaired) electrons. The molecule has 1 aromatic heterocycles. The SMILES string of the molecule is Fc1c(Cl)ccc2oc[c]c12. The van der Waals surface area contributed by atoms with Crippen LogP contribution in [0.2, 0.25) is 5.02 Å². The van der Waals surface area contributed by atoms with Crippen LogP contribution in [0.5, 0.6) is 0 Å². The zero-order valence-corrected chi connectivity index (χ0v) is 6.15. The van der Waals surface area contributed by atoms with Gasteiger partial charge in [0.05, 0.1) is 16.7 Å². The fourth-order valence-corrected chi connectivity index (χ4v) is 1.07. The fraction of sp³-hybridized carbons (Fsp3) is 0. The topological polar surface area (TPSA) is 13.1 Å². The lowest BCUT2D eigenvalue weighted by atomic mass is 10.2. The Morgan fingerprint density at radius 3 is 3.09 bits per heavy atom. The summed E-state index contributed by atoms with van der Waals surface area (Å²) in [7, 11) is 0. The Kier molecular flexibility index (Phi) is 1.36. The van der Waals surface area contributed by atoms with E-state index in [4.69, 9.17) is 16.0 Å². The summed E-state index contributed by atoms with van der Waals surface area (Å²) in [5, 5.41) is 0.396. The largest absolute Gasteiger partial charge is 0.464 e. The van der Waals surface area contributed by atoms with Gasteiger partial charge in [-0.25, -0.2) is 4.39 Å². The molecule has 11 heavy (non-hydrogen) atoms. The molecule has 1 nitrogen and oxygen atoms in total. The van der Waals surface area contributed by atoms with Crippen molar-refractivity contribution in [2.75, 3.05) is 0 Å². The molecule has 0 saturated heterocycles. The number of rotatable bonds is 0. The summed E-state index contributed by atoms with van der Waals surface area (Å²) in [6.45, 7) is 0. The van der Waals surface area contributed by atoms with Crippen LogP contribution in [-0.2, 0) is 0 Å². The second-order valence-corrected chi connectivity index (χ2v) is 2.52. The Morgan fingerprint density at radius 1 is 1.45 bits per heavy atom. The van der Waals surface area contributed by atoms with Crippen LogP contribution in [0.25, 0.3) is 11.0 Å². The molecule has 0 amide bonds. The van der Waals surface area contributed by atoms with Gasteiger partial charge in [0.15, 0.2) is 5.82 Å². The van der Waals surface area contributed by atoms with E-state index in [1.807, 2.05) is 0 Å². The van der Waals surface area contributed by atoms with Crippen molar-refractivity contribution >= 4 is 22.6 Å². The third kappa shape index (κ3) is 0.906. The van der Waals surface area contributed by atoms with Crippen LogP contribution < -0.4 is 0 Å². The van der Waals surface area contributed by atoms with Gasteiger partial charge in [-0.15, -0.1) is 0 Å². The highest BCUT2D eigenvalue weighted by molar-refractivity contribution is 6.31. The maximum Gasteiger partial charge on any atom is 0.153 e. The maximum atomic E-state index is 13.0. The lowest BCUT2D eigenvalue weighted by Gasteiger charge is -1.92. The Hall–Kier alpha value is -1.02. The van der Waals surface area contributed by atoms with E-state index in [0.717, 1.165) is 0 Å². The predicted octanol–water partition coefficient (Wildman–Crippen LogP) is 3.03. The monoisotopic (exact) mass is 169 g/mol. The summed E-state index contributed by atoms with van der Waals surface area (Å²) in [5.41, 5.74) is 0.465. The van der Waals surface area contributed by atoms with E-state index in [9.17, 15) is 4.39 Å². The number of halogens is 2. The fourth-order valence-electron chi connectivity index (χ4n) is 0.917. The number of hydrogen-bond acceptors (Lipinski definition) is 1. The molecule has 0 unspecified atom stereocenters. The molecule has 0 spiro atoms. The second kappa shape index (κ2) is 2.24. The number of furan rings is 1. The summed E-state index contributed by atoms with van der Waals surface area (Å²) < 4.78 is 17.9. The number of benzene rings is 1. The summed E-state index contributed by atoms with van der Waals surface area (Å²) in [6, 6.07) is 5.67. The lowest BCUT2D eigenvalue weighted by Crippen LogP contribution is -1.75. The van der Waals surface area contributed by atoms with Gasteiger partial charge >= 0.3 is 0 Å². The third-order valence-corrected chi connectivity index (χ3v) is 1.74. The van der Waals surface area contributed by atoms with Gasteiger partial charge < -0.3 is 4.42 Å². The van der Waals surface area contributed by atoms with E-state index in [0.29, 0.717) is 11.0 Å². The molecule has 0 aliphatic heterocycles. The van der Waals surface area contributed by atoms with Crippen LogP contribution in [-0.4, -0.2) is 0 Å². The van der Waals surface area contributed by atoms with Gasteiger partial charge in [-0.1, -0.05) is 11.6 Å². The number of fused-ring (bicyclic) bond motifs is 1. The first-order chi connectivity index (χ1) is 5.29.